The van der Waals surface area contributed by atoms with E-state index in [1.54, 1.807) is 6.20 Å². The number of carbonyl (C=O) groups is 1. The number of aromatic nitrogens is 2. The van der Waals surface area contributed by atoms with Gasteiger partial charge >= 0.3 is 0 Å². The van der Waals surface area contributed by atoms with Crippen molar-refractivity contribution in [3.05, 3.63) is 6.20 Å². The van der Waals surface area contributed by atoms with Crippen LogP contribution in [0.1, 0.15) is 32.1 Å². The minimum atomic E-state index is 0.0902. The molecule has 1 N–H and O–H groups in total. The van der Waals surface area contributed by atoms with Crippen LogP contribution in [-0.4, -0.2) is 43.1 Å². The van der Waals surface area contributed by atoms with Crippen molar-refractivity contribution >= 4 is 23.4 Å². The molecule has 1 aliphatic heterocycles. The molecular formula is C15H23N5O. The van der Waals surface area contributed by atoms with Gasteiger partial charge in [0.1, 0.15) is 5.69 Å². The maximum atomic E-state index is 11.9. The molecule has 1 aromatic heterocycles. The maximum absolute atomic E-state index is 11.9. The Morgan fingerprint density at radius 2 is 2.00 bits per heavy atom. The Hall–Kier alpha value is -1.85. The van der Waals surface area contributed by atoms with E-state index in [2.05, 4.69) is 20.2 Å². The first-order valence-corrected chi connectivity index (χ1v) is 7.75. The highest BCUT2D eigenvalue weighted by Crippen LogP contribution is 2.32. The standard InChI is InChI=1S/C15H23N5O/c1-19(2)13-12(17-14(21)11-6-7-11)10-16-15(18-13)20-8-4-3-5-9-20/h10-11H,3-9H2,1-2H3,(H,17,21). The molecule has 0 bridgehead atoms. The Bertz CT molecular complexity index is 521. The lowest BCUT2D eigenvalue weighted by Gasteiger charge is -2.28. The SMILES string of the molecule is CN(C)c1nc(N2CCCCC2)ncc1NC(=O)C1CC1. The minimum Gasteiger partial charge on any atom is -0.361 e. The lowest BCUT2D eigenvalue weighted by Crippen LogP contribution is -2.31. The molecule has 0 radical (unpaired) electrons. The molecule has 21 heavy (non-hydrogen) atoms. The fourth-order valence-electron chi connectivity index (χ4n) is 2.62. The Kier molecular flexibility index (Phi) is 3.94. The molecule has 0 spiro atoms. The summed E-state index contributed by atoms with van der Waals surface area (Å²) >= 11 is 0. The summed E-state index contributed by atoms with van der Waals surface area (Å²) in [5.74, 6) is 1.82. The van der Waals surface area contributed by atoms with Gasteiger partial charge in [-0.1, -0.05) is 0 Å². The van der Waals surface area contributed by atoms with Crippen LogP contribution in [0, 0.1) is 5.92 Å². The molecule has 1 aliphatic carbocycles. The van der Waals surface area contributed by atoms with Crippen LogP contribution in [0.4, 0.5) is 17.5 Å². The van der Waals surface area contributed by atoms with Crippen LogP contribution in [0.15, 0.2) is 6.20 Å². The van der Waals surface area contributed by atoms with Crippen LogP contribution in [-0.2, 0) is 4.79 Å². The Labute approximate surface area is 125 Å². The molecule has 2 aliphatic rings. The van der Waals surface area contributed by atoms with Crippen LogP contribution in [0.25, 0.3) is 0 Å². The van der Waals surface area contributed by atoms with Crippen molar-refractivity contribution < 1.29 is 4.79 Å². The first kappa shape index (κ1) is 14.1. The molecule has 0 aromatic carbocycles. The second-order valence-electron chi connectivity index (χ2n) is 6.11. The molecule has 1 amide bonds. The van der Waals surface area contributed by atoms with E-state index in [1.165, 1.54) is 19.3 Å². The second-order valence-corrected chi connectivity index (χ2v) is 6.11. The molecule has 1 aromatic rings. The molecule has 6 heteroatoms. The highest BCUT2D eigenvalue weighted by Gasteiger charge is 2.30. The quantitative estimate of drug-likeness (QED) is 0.917. The van der Waals surface area contributed by atoms with Crippen molar-refractivity contribution in [2.75, 3.05) is 42.3 Å². The van der Waals surface area contributed by atoms with Gasteiger partial charge < -0.3 is 15.1 Å². The van der Waals surface area contributed by atoms with Gasteiger partial charge in [0.15, 0.2) is 5.82 Å². The highest BCUT2D eigenvalue weighted by molar-refractivity contribution is 5.96. The van der Waals surface area contributed by atoms with Crippen molar-refractivity contribution in [2.45, 2.75) is 32.1 Å². The second kappa shape index (κ2) is 5.87. The molecule has 2 fully saturated rings. The normalized spacial score (nSPS) is 18.5. The van der Waals surface area contributed by atoms with Crippen molar-refractivity contribution in [3.8, 4) is 0 Å². The number of nitrogens with one attached hydrogen (secondary N) is 1. The fourth-order valence-corrected chi connectivity index (χ4v) is 2.62. The molecule has 1 saturated heterocycles. The summed E-state index contributed by atoms with van der Waals surface area (Å²) in [4.78, 5) is 25.2. The van der Waals surface area contributed by atoms with E-state index in [-0.39, 0.29) is 11.8 Å². The summed E-state index contributed by atoms with van der Waals surface area (Å²) in [6.07, 6.45) is 7.41. The van der Waals surface area contributed by atoms with E-state index < -0.39 is 0 Å². The third kappa shape index (κ3) is 3.25. The van der Waals surface area contributed by atoms with Gasteiger partial charge in [0, 0.05) is 33.1 Å². The van der Waals surface area contributed by atoms with Crippen molar-refractivity contribution in [1.29, 1.82) is 0 Å². The predicted octanol–water partition coefficient (Wildman–Crippen LogP) is 1.88. The van der Waals surface area contributed by atoms with Gasteiger partial charge in [-0.3, -0.25) is 4.79 Å². The summed E-state index contributed by atoms with van der Waals surface area (Å²) in [5, 5.41) is 2.96. The molecular weight excluding hydrogens is 266 g/mol. The van der Waals surface area contributed by atoms with Gasteiger partial charge in [-0.15, -0.1) is 0 Å². The van der Waals surface area contributed by atoms with E-state index in [1.807, 2.05) is 19.0 Å². The number of anilines is 3. The molecule has 1 saturated carbocycles. The lowest BCUT2D eigenvalue weighted by atomic mass is 10.1. The minimum absolute atomic E-state index is 0.0902. The molecule has 2 heterocycles. The van der Waals surface area contributed by atoms with Crippen LogP contribution >= 0.6 is 0 Å². The number of hydrogen-bond acceptors (Lipinski definition) is 5. The zero-order chi connectivity index (χ0) is 14.8. The summed E-state index contributed by atoms with van der Waals surface area (Å²) in [6, 6.07) is 0. The Morgan fingerprint density at radius 3 is 2.62 bits per heavy atom. The van der Waals surface area contributed by atoms with Crippen LogP contribution in [0.5, 0.6) is 0 Å². The van der Waals surface area contributed by atoms with Crippen LogP contribution < -0.4 is 15.1 Å². The number of rotatable bonds is 4. The van der Waals surface area contributed by atoms with Gasteiger partial charge in [0.25, 0.3) is 0 Å². The van der Waals surface area contributed by atoms with Crippen LogP contribution in [0.2, 0.25) is 0 Å². The van der Waals surface area contributed by atoms with Crippen molar-refractivity contribution in [2.24, 2.45) is 5.92 Å². The smallest absolute Gasteiger partial charge is 0.227 e. The highest BCUT2D eigenvalue weighted by atomic mass is 16.2. The number of amides is 1. The monoisotopic (exact) mass is 289 g/mol. The number of piperidine rings is 1. The predicted molar refractivity (Wildman–Crippen MR) is 83.8 cm³/mol. The Balaban J connectivity index is 1.81. The third-order valence-corrected chi connectivity index (χ3v) is 4.02. The van der Waals surface area contributed by atoms with Crippen LogP contribution in [0.3, 0.4) is 0 Å². The summed E-state index contributed by atoms with van der Waals surface area (Å²) < 4.78 is 0. The average Bonchev–Trinajstić information content (AvgIpc) is 3.33. The van der Waals surface area contributed by atoms with E-state index in [4.69, 9.17) is 0 Å². The molecule has 3 rings (SSSR count). The van der Waals surface area contributed by atoms with Gasteiger partial charge in [-0.05, 0) is 32.1 Å². The van der Waals surface area contributed by atoms with E-state index >= 15 is 0 Å². The summed E-state index contributed by atoms with van der Waals surface area (Å²) in [7, 11) is 3.88. The first-order chi connectivity index (χ1) is 10.1. The lowest BCUT2D eigenvalue weighted by molar-refractivity contribution is -0.117. The first-order valence-electron chi connectivity index (χ1n) is 7.75. The maximum Gasteiger partial charge on any atom is 0.227 e. The average molecular weight is 289 g/mol. The van der Waals surface area contributed by atoms with Gasteiger partial charge in [0.05, 0.1) is 6.20 Å². The molecule has 0 unspecified atom stereocenters. The van der Waals surface area contributed by atoms with Crippen molar-refractivity contribution in [1.82, 2.24) is 9.97 Å². The third-order valence-electron chi connectivity index (χ3n) is 4.02. The fraction of sp³-hybridized carbons (Fsp3) is 0.667. The van der Waals surface area contributed by atoms with Gasteiger partial charge in [-0.25, -0.2) is 4.98 Å². The zero-order valence-electron chi connectivity index (χ0n) is 12.8. The molecule has 114 valence electrons. The molecule has 6 nitrogen and oxygen atoms in total. The topological polar surface area (TPSA) is 61.4 Å². The largest absolute Gasteiger partial charge is 0.361 e. The van der Waals surface area contributed by atoms with Crippen molar-refractivity contribution in [3.63, 3.8) is 0 Å². The number of hydrogen-bond donors (Lipinski definition) is 1. The van der Waals surface area contributed by atoms with E-state index in [9.17, 15) is 4.79 Å². The number of carbonyl (C=O) groups excluding carboxylic acids is 1. The Morgan fingerprint density at radius 1 is 1.29 bits per heavy atom. The number of nitrogens with zero attached hydrogens (tertiary/aromatic N) is 4. The molecule has 0 atom stereocenters. The zero-order valence-corrected chi connectivity index (χ0v) is 12.8. The van der Waals surface area contributed by atoms with E-state index in [0.29, 0.717) is 5.69 Å². The van der Waals surface area contributed by atoms with Gasteiger partial charge in [0.2, 0.25) is 11.9 Å². The summed E-state index contributed by atoms with van der Waals surface area (Å²) in [5.41, 5.74) is 0.706. The van der Waals surface area contributed by atoms with Gasteiger partial charge in [-0.2, -0.15) is 4.98 Å². The van der Waals surface area contributed by atoms with E-state index in [0.717, 1.165) is 37.7 Å². The summed E-state index contributed by atoms with van der Waals surface area (Å²) in [6.45, 7) is 2.03.